The Morgan fingerprint density at radius 3 is 2.17 bits per heavy atom. The molecular formula is C17H31F3O3Si. The van der Waals surface area contributed by atoms with E-state index in [9.17, 15) is 18.0 Å². The number of alkyl halides is 3. The van der Waals surface area contributed by atoms with E-state index in [2.05, 4.69) is 4.74 Å². The van der Waals surface area contributed by atoms with Crippen molar-refractivity contribution in [3.63, 3.8) is 0 Å². The molecule has 24 heavy (non-hydrogen) atoms. The molecule has 0 heterocycles. The van der Waals surface area contributed by atoms with Gasteiger partial charge in [-0.3, -0.25) is 0 Å². The van der Waals surface area contributed by atoms with Gasteiger partial charge in [-0.1, -0.05) is 46.6 Å². The van der Waals surface area contributed by atoms with Crippen molar-refractivity contribution in [2.75, 3.05) is 0 Å². The smallest absolute Gasteiger partial charge is 0.449 e. The number of carbonyl (C=O) groups excluding carboxylic acids is 1. The van der Waals surface area contributed by atoms with Gasteiger partial charge in [-0.2, -0.15) is 13.2 Å². The summed E-state index contributed by atoms with van der Waals surface area (Å²) in [5.41, 5.74) is 0. The van der Waals surface area contributed by atoms with Crippen LogP contribution < -0.4 is 0 Å². The molecule has 0 aromatic carbocycles. The van der Waals surface area contributed by atoms with E-state index in [1.165, 1.54) is 6.08 Å². The number of esters is 1. The molecule has 0 aliphatic heterocycles. The molecule has 0 aromatic rings. The summed E-state index contributed by atoms with van der Waals surface area (Å²) in [5, 5.41) is -0.0915. The number of ether oxygens (including phenoxy) is 1. The third-order valence-corrected chi connectivity index (χ3v) is 8.85. The van der Waals surface area contributed by atoms with Crippen molar-refractivity contribution in [3.05, 3.63) is 12.2 Å². The van der Waals surface area contributed by atoms with Crippen LogP contribution in [0.5, 0.6) is 0 Å². The molecule has 0 aliphatic rings. The van der Waals surface area contributed by atoms with E-state index in [0.717, 1.165) is 19.3 Å². The van der Waals surface area contributed by atoms with Gasteiger partial charge in [-0.25, -0.2) is 4.79 Å². The highest BCUT2D eigenvalue weighted by Gasteiger charge is 2.44. The second kappa shape index (κ2) is 9.04. The number of rotatable bonds is 8. The molecule has 0 aliphatic carbocycles. The molecule has 0 bridgehead atoms. The standard InChI is InChI=1S/C17H31F3O3Si/c1-8-9-10-11-12-14(22-15(21)17(18,19)20)13(2)23-24(6,7)16(3,4)5/h11-14H,8-10H2,1-7H3/b12-11+/t13-,14+/m0/s1. The van der Waals surface area contributed by atoms with Crippen LogP contribution in [0.4, 0.5) is 13.2 Å². The Hall–Kier alpha value is -0.823. The van der Waals surface area contributed by atoms with E-state index in [1.807, 2.05) is 40.8 Å². The van der Waals surface area contributed by atoms with Crippen LogP contribution in [-0.2, 0) is 14.0 Å². The molecule has 0 unspecified atom stereocenters. The zero-order valence-corrected chi connectivity index (χ0v) is 16.8. The number of hydrogen-bond acceptors (Lipinski definition) is 3. The molecule has 0 spiro atoms. The first kappa shape index (κ1) is 23.2. The van der Waals surface area contributed by atoms with E-state index in [4.69, 9.17) is 4.43 Å². The van der Waals surface area contributed by atoms with Crippen LogP contribution in [0.1, 0.15) is 53.9 Å². The Morgan fingerprint density at radius 2 is 1.75 bits per heavy atom. The summed E-state index contributed by atoms with van der Waals surface area (Å²) < 4.78 is 48.3. The van der Waals surface area contributed by atoms with Crippen molar-refractivity contribution >= 4 is 14.3 Å². The summed E-state index contributed by atoms with van der Waals surface area (Å²) in [7, 11) is -2.19. The quantitative estimate of drug-likeness (QED) is 0.241. The second-order valence-corrected chi connectivity index (χ2v) is 12.3. The number of halogens is 3. The molecule has 0 saturated heterocycles. The Morgan fingerprint density at radius 1 is 1.21 bits per heavy atom. The van der Waals surface area contributed by atoms with Gasteiger partial charge in [0.05, 0.1) is 6.10 Å². The first-order chi connectivity index (χ1) is 10.7. The first-order valence-electron chi connectivity index (χ1n) is 8.34. The minimum atomic E-state index is -5.01. The van der Waals surface area contributed by atoms with Crippen molar-refractivity contribution in [1.82, 2.24) is 0 Å². The largest absolute Gasteiger partial charge is 0.490 e. The van der Waals surface area contributed by atoms with Crippen molar-refractivity contribution < 1.29 is 27.1 Å². The van der Waals surface area contributed by atoms with Crippen LogP contribution in [0.25, 0.3) is 0 Å². The predicted octanol–water partition coefficient (Wildman–Crippen LogP) is 5.62. The highest BCUT2D eigenvalue weighted by Crippen LogP contribution is 2.38. The van der Waals surface area contributed by atoms with Gasteiger partial charge in [0.25, 0.3) is 0 Å². The monoisotopic (exact) mass is 368 g/mol. The Bertz CT molecular complexity index is 426. The van der Waals surface area contributed by atoms with Gasteiger partial charge in [-0.15, -0.1) is 0 Å². The molecule has 0 rings (SSSR count). The summed E-state index contributed by atoms with van der Waals surface area (Å²) in [6.07, 6.45) is -0.808. The van der Waals surface area contributed by atoms with Gasteiger partial charge in [0.15, 0.2) is 8.32 Å². The van der Waals surface area contributed by atoms with Crippen LogP contribution in [0.15, 0.2) is 12.2 Å². The van der Waals surface area contributed by atoms with Gasteiger partial charge in [-0.05, 0) is 37.6 Å². The summed E-state index contributed by atoms with van der Waals surface area (Å²) in [6.45, 7) is 13.8. The second-order valence-electron chi connectivity index (χ2n) is 7.52. The zero-order chi connectivity index (χ0) is 19.2. The molecule has 0 amide bonds. The molecule has 0 saturated carbocycles. The topological polar surface area (TPSA) is 35.5 Å². The van der Waals surface area contributed by atoms with Gasteiger partial charge in [0, 0.05) is 0 Å². The van der Waals surface area contributed by atoms with Crippen molar-refractivity contribution in [2.24, 2.45) is 0 Å². The Kier molecular flexibility index (Phi) is 8.73. The van der Waals surface area contributed by atoms with Gasteiger partial charge >= 0.3 is 12.1 Å². The fourth-order valence-corrected chi connectivity index (χ4v) is 3.16. The maximum absolute atomic E-state index is 12.5. The molecule has 0 aromatic heterocycles. The van der Waals surface area contributed by atoms with E-state index in [-0.39, 0.29) is 5.04 Å². The SMILES string of the molecule is CCCC/C=C/[C@@H](OC(=O)C(F)(F)F)[C@H](C)O[Si](C)(C)C(C)(C)C. The van der Waals surface area contributed by atoms with Crippen LogP contribution in [0, 0.1) is 0 Å². The fraction of sp³-hybridized carbons (Fsp3) is 0.824. The molecule has 7 heteroatoms. The summed E-state index contributed by atoms with van der Waals surface area (Å²) >= 11 is 0. The minimum Gasteiger partial charge on any atom is -0.449 e. The third-order valence-electron chi connectivity index (χ3n) is 4.27. The molecule has 0 radical (unpaired) electrons. The van der Waals surface area contributed by atoms with Crippen LogP contribution in [-0.4, -0.2) is 32.7 Å². The van der Waals surface area contributed by atoms with Gasteiger partial charge in [0.1, 0.15) is 6.10 Å². The Balaban J connectivity index is 5.16. The molecule has 142 valence electrons. The van der Waals surface area contributed by atoms with Gasteiger partial charge in [0.2, 0.25) is 0 Å². The van der Waals surface area contributed by atoms with Crippen molar-refractivity contribution in [2.45, 2.75) is 90.4 Å². The van der Waals surface area contributed by atoms with E-state index < -0.39 is 32.7 Å². The highest BCUT2D eigenvalue weighted by molar-refractivity contribution is 6.74. The molecule has 2 atom stereocenters. The minimum absolute atomic E-state index is 0.0915. The maximum atomic E-state index is 12.5. The van der Waals surface area contributed by atoms with Crippen molar-refractivity contribution in [1.29, 1.82) is 0 Å². The first-order valence-corrected chi connectivity index (χ1v) is 11.3. The lowest BCUT2D eigenvalue weighted by molar-refractivity contribution is -0.205. The normalized spacial score (nSPS) is 16.2. The predicted molar refractivity (Wildman–Crippen MR) is 92.3 cm³/mol. The lowest BCUT2D eigenvalue weighted by atomic mass is 10.1. The van der Waals surface area contributed by atoms with Crippen LogP contribution in [0.3, 0.4) is 0 Å². The van der Waals surface area contributed by atoms with Crippen molar-refractivity contribution in [3.8, 4) is 0 Å². The Labute approximate surface area is 144 Å². The summed E-state index contributed by atoms with van der Waals surface area (Å²) in [5.74, 6) is -2.18. The molecular weight excluding hydrogens is 337 g/mol. The number of allylic oxidation sites excluding steroid dienone is 1. The molecule has 3 nitrogen and oxygen atoms in total. The van der Waals surface area contributed by atoms with E-state index >= 15 is 0 Å². The zero-order valence-electron chi connectivity index (χ0n) is 15.8. The average molecular weight is 369 g/mol. The lowest BCUT2D eigenvalue weighted by Crippen LogP contribution is -2.47. The van der Waals surface area contributed by atoms with Crippen LogP contribution in [0.2, 0.25) is 18.1 Å². The summed E-state index contributed by atoms with van der Waals surface area (Å²) in [4.78, 5) is 11.2. The summed E-state index contributed by atoms with van der Waals surface area (Å²) in [6, 6.07) is 0. The third kappa shape index (κ3) is 7.83. The fourth-order valence-electron chi connectivity index (χ4n) is 1.74. The number of hydrogen-bond donors (Lipinski definition) is 0. The highest BCUT2D eigenvalue weighted by atomic mass is 28.4. The maximum Gasteiger partial charge on any atom is 0.490 e. The molecule has 0 N–H and O–H groups in total. The van der Waals surface area contributed by atoms with E-state index in [1.54, 1.807) is 13.0 Å². The van der Waals surface area contributed by atoms with E-state index in [0.29, 0.717) is 0 Å². The number of carbonyl (C=O) groups is 1. The number of unbranched alkanes of at least 4 members (excludes halogenated alkanes) is 2. The lowest BCUT2D eigenvalue weighted by Gasteiger charge is -2.39. The van der Waals surface area contributed by atoms with Crippen LogP contribution >= 0.6 is 0 Å². The average Bonchev–Trinajstić information content (AvgIpc) is 2.38. The molecule has 0 fully saturated rings. The van der Waals surface area contributed by atoms with Gasteiger partial charge < -0.3 is 9.16 Å².